The maximum absolute atomic E-state index is 11.1. The number of carbonyl (C=O) groups is 2. The van der Waals surface area contributed by atoms with Crippen molar-refractivity contribution in [2.24, 2.45) is 0 Å². The van der Waals surface area contributed by atoms with Crippen LogP contribution < -0.4 is 0 Å². The van der Waals surface area contributed by atoms with E-state index in [9.17, 15) is 14.7 Å². The molecule has 1 aromatic carbocycles. The fraction of sp³-hybridized carbons (Fsp3) is 0.333. The Hall–Kier alpha value is -1.33. The zero-order valence-corrected chi connectivity index (χ0v) is 10.5. The molecule has 5 heteroatoms. The second-order valence-electron chi connectivity index (χ2n) is 3.69. The molecule has 0 saturated carbocycles. The lowest BCUT2D eigenvalue weighted by atomic mass is 10.0. The number of hydrogen-bond acceptors (Lipinski definition) is 4. The number of carbonyl (C=O) groups excluding carboxylic acids is 1. The van der Waals surface area contributed by atoms with E-state index in [0.29, 0.717) is 5.56 Å². The largest absolute Gasteiger partial charge is 0.479 e. The Morgan fingerprint density at radius 1 is 1.41 bits per heavy atom. The highest BCUT2D eigenvalue weighted by Crippen LogP contribution is 2.25. The van der Waals surface area contributed by atoms with Crippen molar-refractivity contribution in [2.75, 3.05) is 6.26 Å². The molecule has 1 unspecified atom stereocenters. The molecule has 1 atom stereocenters. The molecule has 0 amide bonds. The summed E-state index contributed by atoms with van der Waals surface area (Å²) in [5, 5.41) is 18.1. The van der Waals surface area contributed by atoms with Crippen molar-refractivity contribution in [2.45, 2.75) is 24.3 Å². The quantitative estimate of drug-likeness (QED) is 0.782. The van der Waals surface area contributed by atoms with Gasteiger partial charge in [0.2, 0.25) is 0 Å². The molecule has 0 saturated heterocycles. The van der Waals surface area contributed by atoms with Crippen LogP contribution in [0.4, 0.5) is 0 Å². The van der Waals surface area contributed by atoms with Crippen LogP contribution in [-0.4, -0.2) is 28.2 Å². The van der Waals surface area contributed by atoms with E-state index in [4.69, 9.17) is 5.11 Å². The van der Waals surface area contributed by atoms with Gasteiger partial charge in [-0.3, -0.25) is 4.79 Å². The number of ketones is 1. The number of benzene rings is 1. The zero-order chi connectivity index (χ0) is 13.0. The van der Waals surface area contributed by atoms with E-state index >= 15 is 0 Å². The van der Waals surface area contributed by atoms with Gasteiger partial charge in [-0.05, 0) is 30.4 Å². The number of rotatable bonds is 5. The van der Waals surface area contributed by atoms with Crippen LogP contribution >= 0.6 is 11.8 Å². The monoisotopic (exact) mass is 254 g/mol. The fourth-order valence-corrected chi connectivity index (χ4v) is 2.11. The first-order valence-corrected chi connectivity index (χ1v) is 6.25. The number of aliphatic hydroxyl groups is 1. The third kappa shape index (κ3) is 3.57. The lowest BCUT2D eigenvalue weighted by Crippen LogP contribution is -2.11. The van der Waals surface area contributed by atoms with Gasteiger partial charge in [0.25, 0.3) is 0 Å². The number of thioether (sulfide) groups is 1. The van der Waals surface area contributed by atoms with Crippen molar-refractivity contribution in [3.05, 3.63) is 29.3 Å². The van der Waals surface area contributed by atoms with E-state index in [1.165, 1.54) is 18.7 Å². The molecule has 92 valence electrons. The maximum atomic E-state index is 11.1. The Morgan fingerprint density at radius 2 is 2.06 bits per heavy atom. The lowest BCUT2D eigenvalue weighted by molar-refractivity contribution is -0.146. The van der Waals surface area contributed by atoms with Crippen molar-refractivity contribution < 1.29 is 19.8 Å². The molecular weight excluding hydrogens is 240 g/mol. The van der Waals surface area contributed by atoms with Crippen LogP contribution in [0.3, 0.4) is 0 Å². The van der Waals surface area contributed by atoms with Gasteiger partial charge in [0.05, 0.1) is 0 Å². The van der Waals surface area contributed by atoms with Gasteiger partial charge in [0.15, 0.2) is 6.10 Å². The molecule has 1 rings (SSSR count). The first-order valence-electron chi connectivity index (χ1n) is 5.02. The van der Waals surface area contributed by atoms with E-state index in [-0.39, 0.29) is 12.2 Å². The molecule has 0 aliphatic heterocycles. The van der Waals surface area contributed by atoms with Gasteiger partial charge in [-0.1, -0.05) is 12.1 Å². The topological polar surface area (TPSA) is 74.6 Å². The third-order valence-corrected chi connectivity index (χ3v) is 3.13. The molecule has 2 N–H and O–H groups in total. The Kier molecular flexibility index (Phi) is 4.72. The predicted octanol–water partition coefficient (Wildman–Crippen LogP) is 1.66. The minimum atomic E-state index is -1.54. The highest BCUT2D eigenvalue weighted by atomic mass is 32.2. The molecule has 1 aromatic rings. The van der Waals surface area contributed by atoms with E-state index in [2.05, 4.69) is 0 Å². The Labute approximate surface area is 104 Å². The Bertz CT molecular complexity index is 442. The molecule has 0 fully saturated rings. The van der Waals surface area contributed by atoms with Crippen molar-refractivity contribution in [1.29, 1.82) is 0 Å². The molecule has 0 bridgehead atoms. The summed E-state index contributed by atoms with van der Waals surface area (Å²) >= 11 is 1.48. The van der Waals surface area contributed by atoms with Gasteiger partial charge in [0.1, 0.15) is 5.78 Å². The standard InChI is InChI=1S/C12H14O4S/c1-7(13)5-9-6-8(11(14)12(15)16)3-4-10(9)17-2/h3-4,6,11,14H,5H2,1-2H3,(H,15,16). The fourth-order valence-electron chi connectivity index (χ4n) is 1.52. The van der Waals surface area contributed by atoms with E-state index in [1.54, 1.807) is 18.2 Å². The zero-order valence-electron chi connectivity index (χ0n) is 9.64. The third-order valence-electron chi connectivity index (χ3n) is 2.29. The SMILES string of the molecule is CSc1ccc(C(O)C(=O)O)cc1CC(C)=O. The molecular formula is C12H14O4S. The molecule has 0 heterocycles. The molecule has 0 aliphatic carbocycles. The highest BCUT2D eigenvalue weighted by Gasteiger charge is 2.17. The highest BCUT2D eigenvalue weighted by molar-refractivity contribution is 7.98. The molecule has 0 aliphatic rings. The maximum Gasteiger partial charge on any atom is 0.337 e. The minimum absolute atomic E-state index is 0.00210. The van der Waals surface area contributed by atoms with Crippen LogP contribution in [-0.2, 0) is 16.0 Å². The van der Waals surface area contributed by atoms with Crippen LogP contribution in [0, 0.1) is 0 Å². The summed E-state index contributed by atoms with van der Waals surface area (Å²) in [6.45, 7) is 1.48. The van der Waals surface area contributed by atoms with Crippen molar-refractivity contribution in [3.63, 3.8) is 0 Å². The van der Waals surface area contributed by atoms with Crippen molar-refractivity contribution >= 4 is 23.5 Å². The summed E-state index contributed by atoms with van der Waals surface area (Å²) in [6, 6.07) is 4.87. The van der Waals surface area contributed by atoms with Crippen LogP contribution in [0.2, 0.25) is 0 Å². The van der Waals surface area contributed by atoms with Crippen LogP contribution in [0.25, 0.3) is 0 Å². The van der Waals surface area contributed by atoms with Crippen LogP contribution in [0.1, 0.15) is 24.2 Å². The second kappa shape index (κ2) is 5.84. The Morgan fingerprint density at radius 3 is 2.53 bits per heavy atom. The van der Waals surface area contributed by atoms with Gasteiger partial charge in [-0.2, -0.15) is 0 Å². The normalized spacial score (nSPS) is 12.2. The number of aliphatic hydroxyl groups excluding tert-OH is 1. The van der Waals surface area contributed by atoms with Crippen molar-refractivity contribution in [1.82, 2.24) is 0 Å². The number of carboxylic acids is 1. The molecule has 4 nitrogen and oxygen atoms in total. The van der Waals surface area contributed by atoms with E-state index in [0.717, 1.165) is 10.5 Å². The summed E-state index contributed by atoms with van der Waals surface area (Å²) in [5.74, 6) is -1.29. The second-order valence-corrected chi connectivity index (χ2v) is 4.54. The number of carboxylic acid groups (broad SMARTS) is 1. The number of aliphatic carboxylic acids is 1. The average molecular weight is 254 g/mol. The van der Waals surface area contributed by atoms with Gasteiger partial charge < -0.3 is 10.2 Å². The number of Topliss-reactive ketones (excluding diaryl/α,β-unsaturated/α-hetero) is 1. The molecule has 0 radical (unpaired) electrons. The summed E-state index contributed by atoms with van der Waals surface area (Å²) < 4.78 is 0. The van der Waals surface area contributed by atoms with Gasteiger partial charge in [-0.25, -0.2) is 4.79 Å². The van der Waals surface area contributed by atoms with E-state index < -0.39 is 12.1 Å². The predicted molar refractivity (Wildman–Crippen MR) is 65.2 cm³/mol. The van der Waals surface area contributed by atoms with Gasteiger partial charge in [-0.15, -0.1) is 11.8 Å². The van der Waals surface area contributed by atoms with Crippen LogP contribution in [0.15, 0.2) is 23.1 Å². The molecule has 0 aromatic heterocycles. The van der Waals surface area contributed by atoms with Gasteiger partial charge >= 0.3 is 5.97 Å². The Balaban J connectivity index is 3.12. The molecule has 17 heavy (non-hydrogen) atoms. The first kappa shape index (κ1) is 13.7. The minimum Gasteiger partial charge on any atom is -0.479 e. The summed E-state index contributed by atoms with van der Waals surface area (Å²) in [5.41, 5.74) is 1.05. The van der Waals surface area contributed by atoms with Crippen LogP contribution in [0.5, 0.6) is 0 Å². The van der Waals surface area contributed by atoms with Gasteiger partial charge in [0, 0.05) is 11.3 Å². The van der Waals surface area contributed by atoms with E-state index in [1.807, 2.05) is 6.26 Å². The summed E-state index contributed by atoms with van der Waals surface area (Å²) in [4.78, 5) is 22.7. The summed E-state index contributed by atoms with van der Waals surface area (Å²) in [7, 11) is 0. The lowest BCUT2D eigenvalue weighted by Gasteiger charge is -2.11. The number of hydrogen-bond donors (Lipinski definition) is 2. The molecule has 0 spiro atoms. The smallest absolute Gasteiger partial charge is 0.337 e. The average Bonchev–Trinajstić information content (AvgIpc) is 2.27. The first-order chi connectivity index (χ1) is 7.95. The van der Waals surface area contributed by atoms with Crippen molar-refractivity contribution in [3.8, 4) is 0 Å². The summed E-state index contributed by atoms with van der Waals surface area (Å²) in [6.07, 6.45) is 0.583.